The Labute approximate surface area is 132 Å². The lowest BCUT2D eigenvalue weighted by molar-refractivity contribution is -0.136. The van der Waals surface area contributed by atoms with Crippen molar-refractivity contribution in [3.8, 4) is 22.6 Å². The van der Waals surface area contributed by atoms with E-state index in [1.165, 1.54) is 0 Å². The van der Waals surface area contributed by atoms with Gasteiger partial charge in [0.05, 0.1) is 0 Å². The number of carboxylic acids is 1. The number of benzene rings is 2. The molecule has 1 heterocycles. The first-order chi connectivity index (χ1) is 10.6. The predicted octanol–water partition coefficient (Wildman–Crippen LogP) is 4.29. The zero-order valence-electron chi connectivity index (χ0n) is 11.5. The average molecular weight is 314 g/mol. The Morgan fingerprint density at radius 1 is 1.05 bits per heavy atom. The van der Waals surface area contributed by atoms with Gasteiger partial charge in [0, 0.05) is 16.1 Å². The number of carboxylic acid groups (broad SMARTS) is 1. The van der Waals surface area contributed by atoms with Crippen molar-refractivity contribution in [1.29, 1.82) is 0 Å². The fraction of sp³-hybridized carbons (Fsp3) is 0.0588. The summed E-state index contributed by atoms with van der Waals surface area (Å²) < 4.78 is 5.67. The van der Waals surface area contributed by atoms with Crippen LogP contribution < -0.4 is 0 Å². The predicted molar refractivity (Wildman–Crippen MR) is 83.7 cm³/mol. The van der Waals surface area contributed by atoms with Crippen molar-refractivity contribution in [1.82, 2.24) is 4.98 Å². The van der Waals surface area contributed by atoms with E-state index in [4.69, 9.17) is 21.1 Å². The van der Waals surface area contributed by atoms with Gasteiger partial charge in [0.25, 0.3) is 0 Å². The molecule has 0 fully saturated rings. The summed E-state index contributed by atoms with van der Waals surface area (Å²) in [4.78, 5) is 15.2. The summed E-state index contributed by atoms with van der Waals surface area (Å²) in [6.45, 7) is 0. The largest absolute Gasteiger partial charge is 0.481 e. The Morgan fingerprint density at radius 2 is 1.73 bits per heavy atom. The molecule has 5 heteroatoms. The third-order valence-electron chi connectivity index (χ3n) is 3.13. The Balaban J connectivity index is 2.12. The number of oxazole rings is 1. The van der Waals surface area contributed by atoms with E-state index in [9.17, 15) is 4.79 Å². The summed E-state index contributed by atoms with van der Waals surface area (Å²) in [5.74, 6) is -0.251. The Kier molecular flexibility index (Phi) is 3.94. The second kappa shape index (κ2) is 6.03. The molecular formula is C17H12ClNO3. The molecule has 0 aliphatic carbocycles. The molecule has 1 N–H and O–H groups in total. The van der Waals surface area contributed by atoms with Crippen LogP contribution in [0.4, 0.5) is 0 Å². The zero-order chi connectivity index (χ0) is 15.5. The summed E-state index contributed by atoms with van der Waals surface area (Å²) >= 11 is 5.91. The molecule has 2 aromatic carbocycles. The van der Waals surface area contributed by atoms with E-state index in [0.29, 0.717) is 16.5 Å². The van der Waals surface area contributed by atoms with Crippen LogP contribution in [0.5, 0.6) is 0 Å². The van der Waals surface area contributed by atoms with Crippen molar-refractivity contribution in [2.75, 3.05) is 0 Å². The Morgan fingerprint density at radius 3 is 2.36 bits per heavy atom. The summed E-state index contributed by atoms with van der Waals surface area (Å²) in [6, 6.07) is 16.7. The van der Waals surface area contributed by atoms with Crippen molar-refractivity contribution < 1.29 is 14.3 Å². The van der Waals surface area contributed by atoms with Crippen molar-refractivity contribution in [3.05, 3.63) is 65.5 Å². The number of carbonyl (C=O) groups is 1. The van der Waals surface area contributed by atoms with Crippen molar-refractivity contribution in [3.63, 3.8) is 0 Å². The summed E-state index contributed by atoms with van der Waals surface area (Å²) in [7, 11) is 0. The van der Waals surface area contributed by atoms with Crippen LogP contribution in [0, 0.1) is 0 Å². The molecule has 1 aromatic heterocycles. The van der Waals surface area contributed by atoms with Gasteiger partial charge in [0.15, 0.2) is 5.76 Å². The fourth-order valence-corrected chi connectivity index (χ4v) is 2.28. The maximum absolute atomic E-state index is 10.9. The maximum Gasteiger partial charge on any atom is 0.312 e. The monoisotopic (exact) mass is 313 g/mol. The molecule has 3 rings (SSSR count). The topological polar surface area (TPSA) is 63.3 Å². The molecule has 0 aliphatic rings. The lowest BCUT2D eigenvalue weighted by Crippen LogP contribution is -1.99. The van der Waals surface area contributed by atoms with E-state index < -0.39 is 5.97 Å². The normalized spacial score (nSPS) is 10.6. The van der Waals surface area contributed by atoms with Gasteiger partial charge in [0.1, 0.15) is 12.1 Å². The first-order valence-corrected chi connectivity index (χ1v) is 7.04. The van der Waals surface area contributed by atoms with Gasteiger partial charge in [-0.05, 0) is 12.1 Å². The molecule has 0 spiro atoms. The van der Waals surface area contributed by atoms with Crippen molar-refractivity contribution >= 4 is 17.6 Å². The SMILES string of the molecule is O=C(O)Cc1nc(-c2ccc(Cl)cc2)c(-c2ccccc2)o1. The number of hydrogen-bond acceptors (Lipinski definition) is 3. The van der Waals surface area contributed by atoms with E-state index in [2.05, 4.69) is 4.98 Å². The summed E-state index contributed by atoms with van der Waals surface area (Å²) in [6.07, 6.45) is -0.257. The van der Waals surface area contributed by atoms with E-state index in [1.54, 1.807) is 12.1 Å². The molecule has 3 aromatic rings. The first-order valence-electron chi connectivity index (χ1n) is 6.66. The molecule has 0 amide bonds. The number of hydrogen-bond donors (Lipinski definition) is 1. The number of halogens is 1. The van der Waals surface area contributed by atoms with E-state index in [-0.39, 0.29) is 12.3 Å². The zero-order valence-corrected chi connectivity index (χ0v) is 12.2. The minimum Gasteiger partial charge on any atom is -0.481 e. The Hall–Kier alpha value is -2.59. The summed E-state index contributed by atoms with van der Waals surface area (Å²) in [5, 5.41) is 9.55. The molecule has 0 saturated carbocycles. The highest BCUT2D eigenvalue weighted by Crippen LogP contribution is 2.33. The molecule has 0 atom stereocenters. The van der Waals surface area contributed by atoms with Crippen LogP contribution in [0.1, 0.15) is 5.89 Å². The number of aliphatic carboxylic acids is 1. The minimum atomic E-state index is -0.983. The van der Waals surface area contributed by atoms with Crippen LogP contribution >= 0.6 is 11.6 Å². The number of nitrogens with zero attached hydrogens (tertiary/aromatic N) is 1. The van der Waals surface area contributed by atoms with E-state index in [1.807, 2.05) is 42.5 Å². The van der Waals surface area contributed by atoms with Crippen molar-refractivity contribution in [2.45, 2.75) is 6.42 Å². The van der Waals surface area contributed by atoms with Gasteiger partial charge >= 0.3 is 5.97 Å². The van der Waals surface area contributed by atoms with Crippen LogP contribution in [0.25, 0.3) is 22.6 Å². The van der Waals surface area contributed by atoms with Crippen LogP contribution in [-0.4, -0.2) is 16.1 Å². The van der Waals surface area contributed by atoms with Gasteiger partial charge < -0.3 is 9.52 Å². The Bertz CT molecular complexity index is 795. The molecule has 22 heavy (non-hydrogen) atoms. The highest BCUT2D eigenvalue weighted by Gasteiger charge is 2.18. The molecule has 4 nitrogen and oxygen atoms in total. The molecule has 0 radical (unpaired) electrons. The van der Waals surface area contributed by atoms with Gasteiger partial charge in [-0.3, -0.25) is 4.79 Å². The van der Waals surface area contributed by atoms with Gasteiger partial charge in [0.2, 0.25) is 5.89 Å². The first kappa shape index (κ1) is 14.4. The molecule has 0 aliphatic heterocycles. The molecular weight excluding hydrogens is 302 g/mol. The molecule has 0 unspecified atom stereocenters. The van der Waals surface area contributed by atoms with Gasteiger partial charge in [-0.1, -0.05) is 54.1 Å². The van der Waals surface area contributed by atoms with Crippen molar-refractivity contribution in [2.24, 2.45) is 0 Å². The van der Waals surface area contributed by atoms with Crippen LogP contribution in [0.2, 0.25) is 5.02 Å². The molecule has 0 bridgehead atoms. The average Bonchev–Trinajstić information content (AvgIpc) is 2.92. The summed E-state index contributed by atoms with van der Waals surface area (Å²) in [5.41, 5.74) is 2.28. The third kappa shape index (κ3) is 3.02. The quantitative estimate of drug-likeness (QED) is 0.780. The second-order valence-corrected chi connectivity index (χ2v) is 5.17. The van der Waals surface area contributed by atoms with E-state index >= 15 is 0 Å². The van der Waals surface area contributed by atoms with Crippen LogP contribution in [-0.2, 0) is 11.2 Å². The van der Waals surface area contributed by atoms with E-state index in [0.717, 1.165) is 11.1 Å². The highest BCUT2D eigenvalue weighted by atomic mass is 35.5. The fourth-order valence-electron chi connectivity index (χ4n) is 2.16. The second-order valence-electron chi connectivity index (χ2n) is 4.73. The number of rotatable bonds is 4. The van der Waals surface area contributed by atoms with Crippen LogP contribution in [0.15, 0.2) is 59.0 Å². The van der Waals surface area contributed by atoms with Gasteiger partial charge in [-0.25, -0.2) is 4.98 Å². The molecule has 110 valence electrons. The van der Waals surface area contributed by atoms with Gasteiger partial charge in [-0.2, -0.15) is 0 Å². The maximum atomic E-state index is 10.9. The third-order valence-corrected chi connectivity index (χ3v) is 3.38. The van der Waals surface area contributed by atoms with Crippen LogP contribution in [0.3, 0.4) is 0 Å². The highest BCUT2D eigenvalue weighted by molar-refractivity contribution is 6.30. The minimum absolute atomic E-state index is 0.177. The standard InChI is InChI=1S/C17H12ClNO3/c18-13-8-6-11(7-9-13)16-17(12-4-2-1-3-5-12)22-14(19-16)10-15(20)21/h1-9H,10H2,(H,20,21). The van der Waals surface area contributed by atoms with Gasteiger partial charge in [-0.15, -0.1) is 0 Å². The lowest BCUT2D eigenvalue weighted by atomic mass is 10.1. The number of aromatic nitrogens is 1. The smallest absolute Gasteiger partial charge is 0.312 e. The molecule has 0 saturated heterocycles. The lowest BCUT2D eigenvalue weighted by Gasteiger charge is -2.01.